The lowest BCUT2D eigenvalue weighted by Gasteiger charge is -2.25. The van der Waals surface area contributed by atoms with Crippen LogP contribution in [0, 0.1) is 0 Å². The Bertz CT molecular complexity index is 764. The van der Waals surface area contributed by atoms with Gasteiger partial charge in [-0.2, -0.15) is 16.9 Å². The highest BCUT2D eigenvalue weighted by Crippen LogP contribution is 2.24. The van der Waals surface area contributed by atoms with Crippen molar-refractivity contribution in [2.24, 2.45) is 5.10 Å². The third-order valence-corrected chi connectivity index (χ3v) is 6.06. The smallest absolute Gasteiger partial charge is 0.240 e. The van der Waals surface area contributed by atoms with Crippen molar-refractivity contribution >= 4 is 47.2 Å². The molecule has 1 aliphatic rings. The Morgan fingerprint density at radius 1 is 1.31 bits per heavy atom. The molecule has 4 nitrogen and oxygen atoms in total. The van der Waals surface area contributed by atoms with Crippen LogP contribution in [0.5, 0.6) is 5.75 Å². The largest absolute Gasteiger partial charge is 0.489 e. The maximum atomic E-state index is 11.9. The number of hydrogen-bond donors (Lipinski definition) is 1. The molecule has 1 amide bonds. The Kier molecular flexibility index (Phi) is 7.29. The third-order valence-electron chi connectivity index (χ3n) is 3.58. The zero-order valence-corrected chi connectivity index (χ0v) is 16.4. The average molecular weight is 407 g/mol. The van der Waals surface area contributed by atoms with Gasteiger partial charge in [0, 0.05) is 33.6 Å². The first-order valence-electron chi connectivity index (χ1n) is 8.24. The van der Waals surface area contributed by atoms with Gasteiger partial charge in [-0.05, 0) is 42.0 Å². The summed E-state index contributed by atoms with van der Waals surface area (Å²) in [6.45, 7) is 0. The van der Waals surface area contributed by atoms with E-state index in [4.69, 9.17) is 16.3 Å². The van der Waals surface area contributed by atoms with E-state index in [0.717, 1.165) is 27.7 Å². The molecule has 0 spiro atoms. The Hall–Kier alpha value is -1.63. The molecule has 0 unspecified atom stereocenters. The van der Waals surface area contributed by atoms with Gasteiger partial charge >= 0.3 is 0 Å². The van der Waals surface area contributed by atoms with Crippen LogP contribution in [0.3, 0.4) is 0 Å². The van der Waals surface area contributed by atoms with E-state index in [0.29, 0.717) is 23.3 Å². The summed E-state index contributed by atoms with van der Waals surface area (Å²) in [5.74, 6) is 3.50. The van der Waals surface area contributed by atoms with Crippen LogP contribution in [-0.2, 0) is 4.79 Å². The molecule has 0 aliphatic carbocycles. The first-order valence-corrected chi connectivity index (χ1v) is 10.8. The molecule has 1 aliphatic heterocycles. The fourth-order valence-corrected chi connectivity index (χ4v) is 3.71. The molecule has 3 rings (SSSR count). The minimum atomic E-state index is -0.110. The predicted octanol–water partition coefficient (Wildman–Crippen LogP) is 4.47. The molecule has 1 fully saturated rings. The molecule has 1 heterocycles. The predicted molar refractivity (Wildman–Crippen MR) is 111 cm³/mol. The fourth-order valence-electron chi connectivity index (χ4n) is 2.17. The minimum Gasteiger partial charge on any atom is -0.489 e. The highest BCUT2D eigenvalue weighted by molar-refractivity contribution is 8.00. The van der Waals surface area contributed by atoms with Gasteiger partial charge in [-0.15, -0.1) is 11.8 Å². The standard InChI is InChI=1S/C19H19ClN2O2S2/c20-15-4-6-18(7-5-15)26-9-8-19(23)22-21-11-14-2-1-3-16(10-14)24-17-12-25-13-17/h1-7,10-11,17H,8-9,12-13H2,(H,22,23)/b21-11-. The second-order valence-corrected chi connectivity index (χ2v) is 8.38. The molecule has 2 aromatic rings. The molecule has 0 saturated carbocycles. The molecule has 26 heavy (non-hydrogen) atoms. The van der Waals surface area contributed by atoms with Crippen molar-refractivity contribution in [1.82, 2.24) is 5.43 Å². The molecule has 1 N–H and O–H groups in total. The summed E-state index contributed by atoms with van der Waals surface area (Å²) in [5.41, 5.74) is 3.45. The molecule has 136 valence electrons. The number of benzene rings is 2. The van der Waals surface area contributed by atoms with Crippen molar-refractivity contribution in [3.63, 3.8) is 0 Å². The molecule has 0 bridgehead atoms. The molecule has 0 radical (unpaired) electrons. The lowest BCUT2D eigenvalue weighted by atomic mass is 10.2. The monoisotopic (exact) mass is 406 g/mol. The van der Waals surface area contributed by atoms with Gasteiger partial charge in [0.1, 0.15) is 11.9 Å². The summed E-state index contributed by atoms with van der Waals surface area (Å²) >= 11 is 9.35. The normalized spacial score (nSPS) is 14.2. The third kappa shape index (κ3) is 6.27. The molecule has 0 aromatic heterocycles. The first kappa shape index (κ1) is 19.1. The zero-order valence-electron chi connectivity index (χ0n) is 14.1. The molecule has 0 atom stereocenters. The topological polar surface area (TPSA) is 50.7 Å². The Balaban J connectivity index is 1.39. The number of thioether (sulfide) groups is 2. The van der Waals surface area contributed by atoms with Gasteiger partial charge in [-0.3, -0.25) is 4.79 Å². The first-order chi connectivity index (χ1) is 12.7. The number of nitrogens with zero attached hydrogens (tertiary/aromatic N) is 1. The number of rotatable bonds is 8. The van der Waals surface area contributed by atoms with Crippen molar-refractivity contribution in [2.75, 3.05) is 17.3 Å². The van der Waals surface area contributed by atoms with Crippen molar-refractivity contribution in [3.05, 3.63) is 59.1 Å². The van der Waals surface area contributed by atoms with E-state index in [-0.39, 0.29) is 5.91 Å². The molecular formula is C19H19ClN2O2S2. The molecule has 7 heteroatoms. The fraction of sp³-hybridized carbons (Fsp3) is 0.263. The van der Waals surface area contributed by atoms with Crippen molar-refractivity contribution in [3.8, 4) is 5.75 Å². The minimum absolute atomic E-state index is 0.110. The number of hydrazone groups is 1. The molecular weight excluding hydrogens is 388 g/mol. The lowest BCUT2D eigenvalue weighted by molar-refractivity contribution is -0.120. The lowest BCUT2D eigenvalue weighted by Crippen LogP contribution is -2.31. The van der Waals surface area contributed by atoms with Crippen LogP contribution >= 0.6 is 35.1 Å². The number of nitrogens with one attached hydrogen (secondary N) is 1. The van der Waals surface area contributed by atoms with E-state index >= 15 is 0 Å². The van der Waals surface area contributed by atoms with Crippen LogP contribution < -0.4 is 10.2 Å². The summed E-state index contributed by atoms with van der Waals surface area (Å²) in [4.78, 5) is 12.9. The van der Waals surface area contributed by atoms with Crippen LogP contribution in [0.15, 0.2) is 58.5 Å². The van der Waals surface area contributed by atoms with Crippen LogP contribution in [0.25, 0.3) is 0 Å². The second kappa shape index (κ2) is 9.90. The van der Waals surface area contributed by atoms with E-state index in [1.165, 1.54) is 0 Å². The number of amides is 1. The van der Waals surface area contributed by atoms with Gasteiger partial charge in [-0.25, -0.2) is 5.43 Å². The van der Waals surface area contributed by atoms with Gasteiger partial charge in [0.25, 0.3) is 0 Å². The van der Waals surface area contributed by atoms with Crippen LogP contribution in [0.1, 0.15) is 12.0 Å². The maximum absolute atomic E-state index is 11.9. The van der Waals surface area contributed by atoms with Gasteiger partial charge in [0.2, 0.25) is 5.91 Å². The summed E-state index contributed by atoms with van der Waals surface area (Å²) in [5, 5.41) is 4.73. The summed E-state index contributed by atoms with van der Waals surface area (Å²) in [7, 11) is 0. The molecule has 2 aromatic carbocycles. The Morgan fingerprint density at radius 2 is 2.12 bits per heavy atom. The van der Waals surface area contributed by atoms with Gasteiger partial charge in [0.15, 0.2) is 0 Å². The highest BCUT2D eigenvalue weighted by atomic mass is 35.5. The Labute approximate surface area is 166 Å². The van der Waals surface area contributed by atoms with Crippen LogP contribution in [-0.4, -0.2) is 35.5 Å². The van der Waals surface area contributed by atoms with Crippen LogP contribution in [0.2, 0.25) is 5.02 Å². The van der Waals surface area contributed by atoms with Crippen molar-refractivity contribution < 1.29 is 9.53 Å². The Morgan fingerprint density at radius 3 is 2.85 bits per heavy atom. The van der Waals surface area contributed by atoms with Crippen molar-refractivity contribution in [1.29, 1.82) is 0 Å². The van der Waals surface area contributed by atoms with Gasteiger partial charge in [-0.1, -0.05) is 23.7 Å². The van der Waals surface area contributed by atoms with E-state index in [1.807, 2.05) is 60.3 Å². The van der Waals surface area contributed by atoms with Gasteiger partial charge < -0.3 is 4.74 Å². The van der Waals surface area contributed by atoms with E-state index in [1.54, 1.807) is 18.0 Å². The second-order valence-electron chi connectivity index (χ2n) is 5.70. The van der Waals surface area contributed by atoms with Crippen molar-refractivity contribution in [2.45, 2.75) is 17.4 Å². The number of ether oxygens (including phenoxy) is 1. The zero-order chi connectivity index (χ0) is 18.2. The summed E-state index contributed by atoms with van der Waals surface area (Å²) < 4.78 is 5.84. The maximum Gasteiger partial charge on any atom is 0.240 e. The van der Waals surface area contributed by atoms with E-state index in [2.05, 4.69) is 10.5 Å². The van der Waals surface area contributed by atoms with Crippen LogP contribution in [0.4, 0.5) is 0 Å². The van der Waals surface area contributed by atoms with E-state index < -0.39 is 0 Å². The average Bonchev–Trinajstić information content (AvgIpc) is 2.60. The SMILES string of the molecule is O=C(CCSc1ccc(Cl)cc1)N/N=C\c1cccc(OC2CSC2)c1. The number of halogens is 1. The molecule has 1 saturated heterocycles. The number of hydrogen-bond acceptors (Lipinski definition) is 5. The quantitative estimate of drug-likeness (QED) is 0.399. The summed E-state index contributed by atoms with van der Waals surface area (Å²) in [6, 6.07) is 15.3. The van der Waals surface area contributed by atoms with E-state index in [9.17, 15) is 4.79 Å². The van der Waals surface area contributed by atoms with Gasteiger partial charge in [0.05, 0.1) is 6.21 Å². The summed E-state index contributed by atoms with van der Waals surface area (Å²) in [6.07, 6.45) is 2.34. The number of carbonyl (C=O) groups is 1. The number of carbonyl (C=O) groups excluding carboxylic acids is 1. The highest BCUT2D eigenvalue weighted by Gasteiger charge is 2.19.